The summed E-state index contributed by atoms with van der Waals surface area (Å²) in [5, 5.41) is 0. The highest BCUT2D eigenvalue weighted by atomic mass is 19.1. The Morgan fingerprint density at radius 2 is 1.76 bits per heavy atom. The molecule has 86 valence electrons. The van der Waals surface area contributed by atoms with Crippen LogP contribution in [0.15, 0.2) is 48.5 Å². The van der Waals surface area contributed by atoms with E-state index in [9.17, 15) is 4.39 Å². The van der Waals surface area contributed by atoms with Gasteiger partial charge in [0.2, 0.25) is 0 Å². The van der Waals surface area contributed by atoms with Gasteiger partial charge in [-0.15, -0.1) is 0 Å². The molecular formula is C15H14FN. The van der Waals surface area contributed by atoms with Gasteiger partial charge in [0.15, 0.2) is 0 Å². The van der Waals surface area contributed by atoms with Crippen LogP contribution in [0.4, 0.5) is 4.39 Å². The molecule has 0 unspecified atom stereocenters. The van der Waals surface area contributed by atoms with Gasteiger partial charge >= 0.3 is 0 Å². The fourth-order valence-corrected chi connectivity index (χ4v) is 2.12. The van der Waals surface area contributed by atoms with Gasteiger partial charge in [-0.3, -0.25) is 0 Å². The van der Waals surface area contributed by atoms with Gasteiger partial charge in [-0.25, -0.2) is 4.39 Å². The van der Waals surface area contributed by atoms with Crippen molar-refractivity contribution < 1.29 is 4.39 Å². The largest absolute Gasteiger partial charge is 0.321 e. The monoisotopic (exact) mass is 227 g/mol. The molecular weight excluding hydrogens is 213 g/mol. The van der Waals surface area contributed by atoms with E-state index in [1.165, 1.54) is 6.07 Å². The first kappa shape index (κ1) is 10.5. The van der Waals surface area contributed by atoms with Gasteiger partial charge in [0.25, 0.3) is 0 Å². The highest BCUT2D eigenvalue weighted by Crippen LogP contribution is 2.43. The van der Waals surface area contributed by atoms with Crippen LogP contribution < -0.4 is 5.73 Å². The summed E-state index contributed by atoms with van der Waals surface area (Å²) in [5.41, 5.74) is 8.64. The first-order valence-electron chi connectivity index (χ1n) is 5.83. The molecule has 0 atom stereocenters. The van der Waals surface area contributed by atoms with E-state index in [4.69, 9.17) is 5.73 Å². The molecule has 1 nitrogen and oxygen atoms in total. The van der Waals surface area contributed by atoms with E-state index in [1.807, 2.05) is 30.3 Å². The van der Waals surface area contributed by atoms with Gasteiger partial charge in [0.1, 0.15) is 5.82 Å². The van der Waals surface area contributed by atoms with E-state index in [2.05, 4.69) is 0 Å². The number of benzene rings is 2. The number of nitrogens with two attached hydrogens (primary N) is 1. The van der Waals surface area contributed by atoms with E-state index >= 15 is 0 Å². The van der Waals surface area contributed by atoms with E-state index in [1.54, 1.807) is 12.1 Å². The summed E-state index contributed by atoms with van der Waals surface area (Å²) < 4.78 is 13.7. The summed E-state index contributed by atoms with van der Waals surface area (Å²) in [6.07, 6.45) is 2.04. The Kier molecular flexibility index (Phi) is 2.26. The van der Waals surface area contributed by atoms with Crippen LogP contribution in [0.3, 0.4) is 0 Å². The molecule has 0 bridgehead atoms. The first-order chi connectivity index (χ1) is 8.19. The topological polar surface area (TPSA) is 26.0 Å². The van der Waals surface area contributed by atoms with E-state index in [0.29, 0.717) is 5.56 Å². The molecule has 0 aromatic heterocycles. The van der Waals surface area contributed by atoms with Crippen molar-refractivity contribution in [3.8, 4) is 11.1 Å². The lowest BCUT2D eigenvalue weighted by atomic mass is 9.98. The van der Waals surface area contributed by atoms with Crippen LogP contribution in [0.2, 0.25) is 0 Å². The third kappa shape index (κ3) is 1.85. The Labute approximate surface area is 100 Å². The highest BCUT2D eigenvalue weighted by molar-refractivity contribution is 5.65. The van der Waals surface area contributed by atoms with Gasteiger partial charge in [-0.05, 0) is 36.1 Å². The van der Waals surface area contributed by atoms with Crippen molar-refractivity contribution in [3.63, 3.8) is 0 Å². The summed E-state index contributed by atoms with van der Waals surface area (Å²) in [6, 6.07) is 14.7. The normalized spacial score (nSPS) is 16.8. The maximum Gasteiger partial charge on any atom is 0.131 e. The van der Waals surface area contributed by atoms with Crippen molar-refractivity contribution in [2.75, 3.05) is 0 Å². The summed E-state index contributed by atoms with van der Waals surface area (Å²) >= 11 is 0. The Morgan fingerprint density at radius 3 is 2.47 bits per heavy atom. The minimum atomic E-state index is -0.188. The molecule has 0 heterocycles. The molecule has 2 heteroatoms. The van der Waals surface area contributed by atoms with Crippen LogP contribution in [-0.4, -0.2) is 0 Å². The fraction of sp³-hybridized carbons (Fsp3) is 0.200. The maximum absolute atomic E-state index is 13.7. The highest BCUT2D eigenvalue weighted by Gasteiger charge is 2.39. The molecule has 2 aromatic rings. The van der Waals surface area contributed by atoms with E-state index in [0.717, 1.165) is 24.0 Å². The van der Waals surface area contributed by atoms with Crippen molar-refractivity contribution in [3.05, 3.63) is 59.9 Å². The van der Waals surface area contributed by atoms with Crippen LogP contribution in [0.25, 0.3) is 11.1 Å². The fourth-order valence-electron chi connectivity index (χ4n) is 2.12. The zero-order valence-electron chi connectivity index (χ0n) is 9.49. The van der Waals surface area contributed by atoms with Crippen molar-refractivity contribution in [1.82, 2.24) is 0 Å². The molecule has 1 saturated carbocycles. The smallest absolute Gasteiger partial charge is 0.131 e. The molecule has 0 radical (unpaired) electrons. The third-order valence-corrected chi connectivity index (χ3v) is 3.41. The first-order valence-corrected chi connectivity index (χ1v) is 5.83. The number of hydrogen-bond donors (Lipinski definition) is 1. The lowest BCUT2D eigenvalue weighted by Crippen LogP contribution is -2.18. The molecule has 3 rings (SSSR count). The third-order valence-electron chi connectivity index (χ3n) is 3.41. The Balaban J connectivity index is 2.07. The molecule has 0 saturated heterocycles. The van der Waals surface area contributed by atoms with Gasteiger partial charge in [-0.2, -0.15) is 0 Å². The summed E-state index contributed by atoms with van der Waals surface area (Å²) in [4.78, 5) is 0. The summed E-state index contributed by atoms with van der Waals surface area (Å²) in [5.74, 6) is -0.188. The number of halogens is 1. The molecule has 0 amide bonds. The summed E-state index contributed by atoms with van der Waals surface area (Å²) in [7, 11) is 0. The Morgan fingerprint density at radius 1 is 1.00 bits per heavy atom. The maximum atomic E-state index is 13.7. The van der Waals surface area contributed by atoms with Gasteiger partial charge in [0.05, 0.1) is 0 Å². The second-order valence-corrected chi connectivity index (χ2v) is 4.72. The standard InChI is InChI=1S/C15H14FN/c16-14-7-2-1-6-13(14)11-4-3-5-12(10-11)15(17)8-9-15/h1-7,10H,8-9,17H2. The minimum absolute atomic E-state index is 0.165. The zero-order chi connectivity index (χ0) is 11.9. The van der Waals surface area contributed by atoms with Crippen LogP contribution in [-0.2, 0) is 5.54 Å². The summed E-state index contributed by atoms with van der Waals surface area (Å²) in [6.45, 7) is 0. The molecule has 1 fully saturated rings. The predicted molar refractivity (Wildman–Crippen MR) is 66.9 cm³/mol. The second-order valence-electron chi connectivity index (χ2n) is 4.72. The van der Waals surface area contributed by atoms with Gasteiger partial charge in [0, 0.05) is 11.1 Å². The van der Waals surface area contributed by atoms with E-state index < -0.39 is 0 Å². The SMILES string of the molecule is NC1(c2cccc(-c3ccccc3F)c2)CC1. The number of hydrogen-bond acceptors (Lipinski definition) is 1. The van der Waals surface area contributed by atoms with Crippen LogP contribution >= 0.6 is 0 Å². The lowest BCUT2D eigenvalue weighted by Gasteiger charge is -2.11. The zero-order valence-corrected chi connectivity index (χ0v) is 9.49. The van der Waals surface area contributed by atoms with Gasteiger partial charge < -0.3 is 5.73 Å². The average Bonchev–Trinajstić information content (AvgIpc) is 3.10. The van der Waals surface area contributed by atoms with Crippen molar-refractivity contribution in [2.45, 2.75) is 18.4 Å². The predicted octanol–water partition coefficient (Wildman–Crippen LogP) is 3.44. The van der Waals surface area contributed by atoms with Crippen molar-refractivity contribution in [1.29, 1.82) is 0 Å². The Hall–Kier alpha value is -1.67. The van der Waals surface area contributed by atoms with E-state index in [-0.39, 0.29) is 11.4 Å². The second kappa shape index (κ2) is 3.67. The molecule has 1 aliphatic rings. The minimum Gasteiger partial charge on any atom is -0.321 e. The Bertz CT molecular complexity index is 558. The van der Waals surface area contributed by atoms with Crippen LogP contribution in [0.5, 0.6) is 0 Å². The van der Waals surface area contributed by atoms with Crippen molar-refractivity contribution in [2.24, 2.45) is 5.73 Å². The number of rotatable bonds is 2. The molecule has 2 N–H and O–H groups in total. The molecule has 2 aromatic carbocycles. The van der Waals surface area contributed by atoms with Gasteiger partial charge in [-0.1, -0.05) is 36.4 Å². The molecule has 17 heavy (non-hydrogen) atoms. The molecule has 0 spiro atoms. The lowest BCUT2D eigenvalue weighted by molar-refractivity contribution is 0.631. The van der Waals surface area contributed by atoms with Crippen molar-refractivity contribution >= 4 is 0 Å². The van der Waals surface area contributed by atoms with Crippen LogP contribution in [0.1, 0.15) is 18.4 Å². The average molecular weight is 227 g/mol. The van der Waals surface area contributed by atoms with Crippen LogP contribution in [0, 0.1) is 5.82 Å². The quantitative estimate of drug-likeness (QED) is 0.835. The molecule has 1 aliphatic carbocycles. The molecule has 0 aliphatic heterocycles.